The third kappa shape index (κ3) is 2.50. The van der Waals surface area contributed by atoms with Crippen molar-refractivity contribution < 1.29 is 13.7 Å². The summed E-state index contributed by atoms with van der Waals surface area (Å²) in [4.78, 5) is 11.7. The lowest BCUT2D eigenvalue weighted by atomic mass is 10.2. The highest BCUT2D eigenvalue weighted by Crippen LogP contribution is 2.14. The predicted octanol–water partition coefficient (Wildman–Crippen LogP) is 2.68. The van der Waals surface area contributed by atoms with E-state index in [1.54, 1.807) is 19.9 Å². The largest absolute Gasteiger partial charge is 0.361 e. The summed E-state index contributed by atoms with van der Waals surface area (Å²) < 4.78 is 17.8. The molecular formula is C12H11FN2O2. The number of nitrogens with one attached hydrogen (secondary N) is 1. The Kier molecular flexibility index (Phi) is 2.91. The Bertz CT molecular complexity index is 563. The van der Waals surface area contributed by atoms with Gasteiger partial charge in [0.1, 0.15) is 11.6 Å². The van der Waals surface area contributed by atoms with E-state index in [1.807, 2.05) is 0 Å². The summed E-state index contributed by atoms with van der Waals surface area (Å²) in [6.07, 6.45) is 0. The van der Waals surface area contributed by atoms with Crippen LogP contribution in [-0.4, -0.2) is 11.1 Å². The van der Waals surface area contributed by atoms with E-state index in [2.05, 4.69) is 10.5 Å². The quantitative estimate of drug-likeness (QED) is 0.869. The number of benzene rings is 1. The van der Waals surface area contributed by atoms with E-state index in [9.17, 15) is 9.18 Å². The third-order valence-electron chi connectivity index (χ3n) is 2.28. The van der Waals surface area contributed by atoms with Crippen LogP contribution < -0.4 is 5.32 Å². The minimum Gasteiger partial charge on any atom is -0.361 e. The third-order valence-corrected chi connectivity index (χ3v) is 2.28. The molecule has 0 aliphatic heterocycles. The smallest absolute Gasteiger partial charge is 0.277 e. The fourth-order valence-corrected chi connectivity index (χ4v) is 1.39. The average Bonchev–Trinajstić information content (AvgIpc) is 2.70. The van der Waals surface area contributed by atoms with Crippen LogP contribution in [0.3, 0.4) is 0 Å². The monoisotopic (exact) mass is 234 g/mol. The zero-order valence-corrected chi connectivity index (χ0v) is 9.45. The van der Waals surface area contributed by atoms with Gasteiger partial charge in [-0.2, -0.15) is 0 Å². The van der Waals surface area contributed by atoms with E-state index >= 15 is 0 Å². The second-order valence-electron chi connectivity index (χ2n) is 3.74. The van der Waals surface area contributed by atoms with E-state index in [0.717, 1.165) is 0 Å². The summed E-state index contributed by atoms with van der Waals surface area (Å²) in [5.41, 5.74) is 1.19. The molecule has 0 bridgehead atoms. The first-order valence-electron chi connectivity index (χ1n) is 5.07. The second kappa shape index (κ2) is 4.37. The fraction of sp³-hybridized carbons (Fsp3) is 0.167. The Morgan fingerprint density at radius 3 is 2.71 bits per heavy atom. The molecule has 1 aromatic carbocycles. The van der Waals surface area contributed by atoms with Crippen LogP contribution in [0.5, 0.6) is 0 Å². The number of aromatic nitrogens is 1. The van der Waals surface area contributed by atoms with Gasteiger partial charge in [0.2, 0.25) is 0 Å². The van der Waals surface area contributed by atoms with Crippen LogP contribution in [0.2, 0.25) is 0 Å². The maximum Gasteiger partial charge on any atom is 0.277 e. The minimum absolute atomic E-state index is 0.199. The van der Waals surface area contributed by atoms with Gasteiger partial charge >= 0.3 is 0 Å². The normalized spacial score (nSPS) is 10.3. The van der Waals surface area contributed by atoms with Gasteiger partial charge in [-0.25, -0.2) is 4.39 Å². The second-order valence-corrected chi connectivity index (χ2v) is 3.74. The van der Waals surface area contributed by atoms with Crippen LogP contribution in [0.4, 0.5) is 10.1 Å². The molecule has 0 saturated heterocycles. The molecule has 1 aromatic heterocycles. The Morgan fingerprint density at radius 2 is 2.12 bits per heavy atom. The molecule has 17 heavy (non-hydrogen) atoms. The number of carbonyl (C=O) groups is 1. The van der Waals surface area contributed by atoms with Crippen LogP contribution in [0.15, 0.2) is 28.8 Å². The first-order chi connectivity index (χ1) is 8.06. The maximum atomic E-state index is 13.0. The lowest BCUT2D eigenvalue weighted by Gasteiger charge is -2.04. The lowest BCUT2D eigenvalue weighted by molar-refractivity contribution is 0.101. The number of carbonyl (C=O) groups excluding carboxylic acids is 1. The molecule has 0 saturated carbocycles. The first kappa shape index (κ1) is 11.3. The van der Waals surface area contributed by atoms with E-state index in [-0.39, 0.29) is 17.4 Å². The standard InChI is InChI=1S/C12H11FN2O2/c1-7-5-9(3-4-10(7)13)14-12(16)11-6-8(2)17-15-11/h3-6H,1-2H3,(H,14,16). The fourth-order valence-electron chi connectivity index (χ4n) is 1.39. The van der Waals surface area contributed by atoms with Gasteiger partial charge in [-0.05, 0) is 37.6 Å². The Balaban J connectivity index is 2.15. The number of hydrogen-bond donors (Lipinski definition) is 1. The van der Waals surface area contributed by atoms with Crippen molar-refractivity contribution in [3.63, 3.8) is 0 Å². The van der Waals surface area contributed by atoms with Gasteiger partial charge in [-0.3, -0.25) is 4.79 Å². The van der Waals surface area contributed by atoms with Crippen molar-refractivity contribution in [2.24, 2.45) is 0 Å². The number of amides is 1. The topological polar surface area (TPSA) is 55.1 Å². The zero-order chi connectivity index (χ0) is 12.4. The van der Waals surface area contributed by atoms with Crippen molar-refractivity contribution in [2.45, 2.75) is 13.8 Å². The molecule has 1 amide bonds. The molecule has 0 spiro atoms. The Morgan fingerprint density at radius 1 is 1.35 bits per heavy atom. The molecule has 2 aromatic rings. The van der Waals surface area contributed by atoms with E-state index in [1.165, 1.54) is 18.2 Å². The highest BCUT2D eigenvalue weighted by Gasteiger charge is 2.11. The molecule has 0 aliphatic carbocycles. The van der Waals surface area contributed by atoms with Gasteiger partial charge in [0.15, 0.2) is 5.69 Å². The molecule has 1 heterocycles. The summed E-state index contributed by atoms with van der Waals surface area (Å²) in [6, 6.07) is 5.89. The summed E-state index contributed by atoms with van der Waals surface area (Å²) in [6.45, 7) is 3.33. The Labute approximate surface area is 97.4 Å². The van der Waals surface area contributed by atoms with Crippen LogP contribution in [0.1, 0.15) is 21.8 Å². The molecule has 2 rings (SSSR count). The first-order valence-corrected chi connectivity index (χ1v) is 5.07. The summed E-state index contributed by atoms with van der Waals surface area (Å²) in [7, 11) is 0. The number of halogens is 1. The minimum atomic E-state index is -0.382. The van der Waals surface area contributed by atoms with Gasteiger partial charge in [0.25, 0.3) is 5.91 Å². The zero-order valence-electron chi connectivity index (χ0n) is 9.45. The molecule has 0 atom stereocenters. The van der Waals surface area contributed by atoms with E-state index in [4.69, 9.17) is 4.52 Å². The summed E-state index contributed by atoms with van der Waals surface area (Å²) >= 11 is 0. The number of aryl methyl sites for hydroxylation is 2. The van der Waals surface area contributed by atoms with Gasteiger partial charge in [0.05, 0.1) is 0 Å². The average molecular weight is 234 g/mol. The van der Waals surface area contributed by atoms with Crippen LogP contribution >= 0.6 is 0 Å². The van der Waals surface area contributed by atoms with Crippen LogP contribution in [-0.2, 0) is 0 Å². The van der Waals surface area contributed by atoms with Crippen molar-refractivity contribution >= 4 is 11.6 Å². The highest BCUT2D eigenvalue weighted by atomic mass is 19.1. The number of rotatable bonds is 2. The van der Waals surface area contributed by atoms with Crippen LogP contribution in [0, 0.1) is 19.7 Å². The van der Waals surface area contributed by atoms with Gasteiger partial charge in [-0.1, -0.05) is 5.16 Å². The molecule has 4 nitrogen and oxygen atoms in total. The SMILES string of the molecule is Cc1cc(C(=O)Nc2ccc(F)c(C)c2)no1. The molecule has 1 N–H and O–H groups in total. The number of nitrogens with zero attached hydrogens (tertiary/aromatic N) is 1. The van der Waals surface area contributed by atoms with Crippen molar-refractivity contribution in [1.29, 1.82) is 0 Å². The molecule has 5 heteroatoms. The highest BCUT2D eigenvalue weighted by molar-refractivity contribution is 6.02. The summed E-state index contributed by atoms with van der Waals surface area (Å²) in [5.74, 6) is -0.126. The predicted molar refractivity (Wildman–Crippen MR) is 60.3 cm³/mol. The lowest BCUT2D eigenvalue weighted by Crippen LogP contribution is -2.12. The number of anilines is 1. The molecule has 0 unspecified atom stereocenters. The van der Waals surface area contributed by atoms with Crippen molar-refractivity contribution in [3.05, 3.63) is 47.1 Å². The van der Waals surface area contributed by atoms with E-state index < -0.39 is 0 Å². The molecule has 88 valence electrons. The van der Waals surface area contributed by atoms with Gasteiger partial charge in [-0.15, -0.1) is 0 Å². The molecular weight excluding hydrogens is 223 g/mol. The van der Waals surface area contributed by atoms with Gasteiger partial charge < -0.3 is 9.84 Å². The maximum absolute atomic E-state index is 13.0. The number of hydrogen-bond acceptors (Lipinski definition) is 3. The van der Waals surface area contributed by atoms with Crippen molar-refractivity contribution in [1.82, 2.24) is 5.16 Å². The van der Waals surface area contributed by atoms with Gasteiger partial charge in [0, 0.05) is 11.8 Å². The van der Waals surface area contributed by atoms with Crippen molar-refractivity contribution in [2.75, 3.05) is 5.32 Å². The molecule has 0 fully saturated rings. The Hall–Kier alpha value is -2.17. The summed E-state index contributed by atoms with van der Waals surface area (Å²) in [5, 5.41) is 6.20. The molecule has 0 aliphatic rings. The molecule has 0 radical (unpaired) electrons. The van der Waals surface area contributed by atoms with E-state index in [0.29, 0.717) is 17.0 Å². The van der Waals surface area contributed by atoms with Crippen molar-refractivity contribution in [3.8, 4) is 0 Å². The van der Waals surface area contributed by atoms with Crippen LogP contribution in [0.25, 0.3) is 0 Å².